The van der Waals surface area contributed by atoms with Crippen LogP contribution in [0, 0.1) is 11.8 Å². The zero-order valence-corrected chi connectivity index (χ0v) is 8.25. The molecule has 3 unspecified atom stereocenters. The van der Waals surface area contributed by atoms with E-state index in [0.717, 1.165) is 12.8 Å². The highest BCUT2D eigenvalue weighted by atomic mass is 16.3. The van der Waals surface area contributed by atoms with E-state index in [0.29, 0.717) is 12.3 Å². The van der Waals surface area contributed by atoms with Crippen molar-refractivity contribution >= 4 is 0 Å². The van der Waals surface area contributed by atoms with E-state index in [9.17, 15) is 10.2 Å². The van der Waals surface area contributed by atoms with Crippen LogP contribution in [0.3, 0.4) is 0 Å². The van der Waals surface area contributed by atoms with E-state index in [4.69, 9.17) is 0 Å². The van der Waals surface area contributed by atoms with Gasteiger partial charge in [-0.25, -0.2) is 0 Å². The van der Waals surface area contributed by atoms with Crippen LogP contribution in [0.5, 0.6) is 0 Å². The summed E-state index contributed by atoms with van der Waals surface area (Å²) in [5.41, 5.74) is -0.619. The predicted molar refractivity (Wildman–Crippen MR) is 48.8 cm³/mol. The molecule has 72 valence electrons. The summed E-state index contributed by atoms with van der Waals surface area (Å²) < 4.78 is 0. The Bertz CT molecular complexity index is 156. The Hall–Kier alpha value is -0.0800. The molecule has 2 nitrogen and oxygen atoms in total. The van der Waals surface area contributed by atoms with Crippen LogP contribution in [0.25, 0.3) is 0 Å². The fraction of sp³-hybridized carbons (Fsp3) is 1.00. The SMILES string of the molecule is CC1CCC(O)(C(C)C)CC1O. The molecule has 0 bridgehead atoms. The highest BCUT2D eigenvalue weighted by molar-refractivity contribution is 4.91. The van der Waals surface area contributed by atoms with Gasteiger partial charge in [0.15, 0.2) is 0 Å². The molecule has 2 N–H and O–H groups in total. The van der Waals surface area contributed by atoms with Crippen molar-refractivity contribution in [2.24, 2.45) is 11.8 Å². The van der Waals surface area contributed by atoms with Gasteiger partial charge in [-0.05, 0) is 24.7 Å². The number of hydrogen-bond acceptors (Lipinski definition) is 2. The van der Waals surface area contributed by atoms with E-state index < -0.39 is 5.60 Å². The van der Waals surface area contributed by atoms with Gasteiger partial charge in [0.25, 0.3) is 0 Å². The third-order valence-corrected chi connectivity index (χ3v) is 3.33. The lowest BCUT2D eigenvalue weighted by Gasteiger charge is -2.40. The van der Waals surface area contributed by atoms with Crippen LogP contribution in [0.2, 0.25) is 0 Å². The lowest BCUT2D eigenvalue weighted by molar-refractivity contribution is -0.0932. The third kappa shape index (κ3) is 1.80. The molecular formula is C10H20O2. The van der Waals surface area contributed by atoms with E-state index in [2.05, 4.69) is 0 Å². The highest BCUT2D eigenvalue weighted by Crippen LogP contribution is 2.36. The molecule has 12 heavy (non-hydrogen) atoms. The van der Waals surface area contributed by atoms with Crippen molar-refractivity contribution in [1.82, 2.24) is 0 Å². The maximum absolute atomic E-state index is 10.1. The molecule has 0 aromatic heterocycles. The van der Waals surface area contributed by atoms with Crippen LogP contribution in [-0.4, -0.2) is 21.9 Å². The first-order valence-corrected chi connectivity index (χ1v) is 4.86. The second-order valence-corrected chi connectivity index (χ2v) is 4.55. The van der Waals surface area contributed by atoms with E-state index >= 15 is 0 Å². The Balaban J connectivity index is 2.60. The van der Waals surface area contributed by atoms with Gasteiger partial charge in [0, 0.05) is 6.42 Å². The van der Waals surface area contributed by atoms with Crippen LogP contribution in [-0.2, 0) is 0 Å². The quantitative estimate of drug-likeness (QED) is 0.630. The van der Waals surface area contributed by atoms with Gasteiger partial charge in [-0.15, -0.1) is 0 Å². The topological polar surface area (TPSA) is 40.5 Å². The minimum atomic E-state index is -0.619. The number of aliphatic hydroxyl groups excluding tert-OH is 1. The number of aliphatic hydroxyl groups is 2. The summed E-state index contributed by atoms with van der Waals surface area (Å²) >= 11 is 0. The average Bonchev–Trinajstić information content (AvgIpc) is 1.97. The molecule has 0 aromatic carbocycles. The summed E-state index contributed by atoms with van der Waals surface area (Å²) in [6.45, 7) is 6.08. The average molecular weight is 172 g/mol. The Morgan fingerprint density at radius 2 is 2.00 bits per heavy atom. The van der Waals surface area contributed by atoms with Crippen LogP contribution < -0.4 is 0 Å². The first kappa shape index (κ1) is 10.0. The Morgan fingerprint density at radius 1 is 1.42 bits per heavy atom. The summed E-state index contributed by atoms with van der Waals surface area (Å²) in [6, 6.07) is 0. The van der Waals surface area contributed by atoms with Crippen molar-refractivity contribution < 1.29 is 10.2 Å². The van der Waals surface area contributed by atoms with Crippen LogP contribution >= 0.6 is 0 Å². The molecule has 0 aliphatic heterocycles. The maximum Gasteiger partial charge on any atom is 0.0695 e. The summed E-state index contributed by atoms with van der Waals surface area (Å²) in [7, 11) is 0. The van der Waals surface area contributed by atoms with Gasteiger partial charge in [0.2, 0.25) is 0 Å². The molecule has 0 saturated heterocycles. The fourth-order valence-corrected chi connectivity index (χ4v) is 1.86. The van der Waals surface area contributed by atoms with Crippen molar-refractivity contribution in [1.29, 1.82) is 0 Å². The molecule has 0 aromatic rings. The van der Waals surface area contributed by atoms with Crippen molar-refractivity contribution in [3.63, 3.8) is 0 Å². The predicted octanol–water partition coefficient (Wildman–Crippen LogP) is 1.55. The molecule has 1 rings (SSSR count). The standard InChI is InChI=1S/C10H20O2/c1-7(2)10(12)5-4-8(3)9(11)6-10/h7-9,11-12H,4-6H2,1-3H3. The van der Waals surface area contributed by atoms with Gasteiger partial charge >= 0.3 is 0 Å². The lowest BCUT2D eigenvalue weighted by atomic mass is 9.72. The summed E-state index contributed by atoms with van der Waals surface area (Å²) in [4.78, 5) is 0. The van der Waals surface area contributed by atoms with Gasteiger partial charge in [-0.3, -0.25) is 0 Å². The molecule has 1 aliphatic rings. The third-order valence-electron chi connectivity index (χ3n) is 3.33. The van der Waals surface area contributed by atoms with Crippen LogP contribution in [0.15, 0.2) is 0 Å². The molecule has 3 atom stereocenters. The minimum Gasteiger partial charge on any atom is -0.393 e. The van der Waals surface area contributed by atoms with E-state index in [1.807, 2.05) is 20.8 Å². The molecule has 0 radical (unpaired) electrons. The normalized spacial score (nSPS) is 43.5. The van der Waals surface area contributed by atoms with Crippen molar-refractivity contribution in [2.45, 2.75) is 51.7 Å². The highest BCUT2D eigenvalue weighted by Gasteiger charge is 2.39. The smallest absolute Gasteiger partial charge is 0.0695 e. The number of hydrogen-bond donors (Lipinski definition) is 2. The van der Waals surface area contributed by atoms with Gasteiger partial charge in [0.1, 0.15) is 0 Å². The Labute approximate surface area is 74.6 Å². The second-order valence-electron chi connectivity index (χ2n) is 4.55. The molecule has 0 amide bonds. The molecule has 1 saturated carbocycles. The molecule has 1 aliphatic carbocycles. The second kappa shape index (κ2) is 3.35. The van der Waals surface area contributed by atoms with Crippen molar-refractivity contribution in [2.75, 3.05) is 0 Å². The summed E-state index contributed by atoms with van der Waals surface area (Å²) in [5.74, 6) is 0.601. The molecule has 0 heterocycles. The van der Waals surface area contributed by atoms with Gasteiger partial charge < -0.3 is 10.2 Å². The van der Waals surface area contributed by atoms with Gasteiger partial charge in [-0.1, -0.05) is 20.8 Å². The van der Waals surface area contributed by atoms with E-state index in [-0.39, 0.29) is 12.0 Å². The first-order valence-electron chi connectivity index (χ1n) is 4.86. The minimum absolute atomic E-state index is 0.250. The Morgan fingerprint density at radius 3 is 2.42 bits per heavy atom. The molecule has 0 spiro atoms. The van der Waals surface area contributed by atoms with Crippen LogP contribution in [0.1, 0.15) is 40.0 Å². The molecule has 1 fully saturated rings. The Kier molecular flexibility index (Phi) is 2.79. The zero-order valence-electron chi connectivity index (χ0n) is 8.25. The zero-order chi connectivity index (χ0) is 9.35. The monoisotopic (exact) mass is 172 g/mol. The summed E-state index contributed by atoms with van der Waals surface area (Å²) in [6.07, 6.45) is 2.01. The van der Waals surface area contributed by atoms with Gasteiger partial charge in [-0.2, -0.15) is 0 Å². The number of rotatable bonds is 1. The van der Waals surface area contributed by atoms with E-state index in [1.165, 1.54) is 0 Å². The van der Waals surface area contributed by atoms with Crippen molar-refractivity contribution in [3.05, 3.63) is 0 Å². The molecular weight excluding hydrogens is 152 g/mol. The van der Waals surface area contributed by atoms with Crippen LogP contribution in [0.4, 0.5) is 0 Å². The summed E-state index contributed by atoms with van der Waals surface area (Å²) in [5, 5.41) is 19.7. The largest absolute Gasteiger partial charge is 0.393 e. The van der Waals surface area contributed by atoms with Crippen molar-refractivity contribution in [3.8, 4) is 0 Å². The first-order chi connectivity index (χ1) is 5.46. The molecule has 2 heteroatoms. The fourth-order valence-electron chi connectivity index (χ4n) is 1.86. The van der Waals surface area contributed by atoms with E-state index in [1.54, 1.807) is 0 Å². The lowest BCUT2D eigenvalue weighted by Crippen LogP contribution is -2.44. The maximum atomic E-state index is 10.1. The van der Waals surface area contributed by atoms with Gasteiger partial charge in [0.05, 0.1) is 11.7 Å².